The van der Waals surface area contributed by atoms with Crippen LogP contribution in [0.25, 0.3) is 0 Å². The standard InChI is InChI=1S/C21H26BrCl2NO2/c1-3-4-5-6-11-25-13-16-17(22)8-10-20(26-2)21(16)27-14-15-7-9-18(23)19(24)12-15/h7-10,12,25H,3-6,11,13-14H2,1-2H3. The second-order valence-electron chi connectivity index (χ2n) is 6.33. The smallest absolute Gasteiger partial charge is 0.167 e. The topological polar surface area (TPSA) is 30.5 Å². The van der Waals surface area contributed by atoms with Crippen LogP contribution < -0.4 is 14.8 Å². The van der Waals surface area contributed by atoms with E-state index in [2.05, 4.69) is 28.2 Å². The molecule has 2 aromatic rings. The summed E-state index contributed by atoms with van der Waals surface area (Å²) < 4.78 is 12.6. The van der Waals surface area contributed by atoms with Crippen molar-refractivity contribution in [3.8, 4) is 11.5 Å². The molecule has 0 spiro atoms. The van der Waals surface area contributed by atoms with Gasteiger partial charge in [0.15, 0.2) is 11.5 Å². The van der Waals surface area contributed by atoms with Crippen molar-refractivity contribution in [2.24, 2.45) is 0 Å². The molecule has 0 unspecified atom stereocenters. The fourth-order valence-corrected chi connectivity index (χ4v) is 3.51. The van der Waals surface area contributed by atoms with Crippen molar-refractivity contribution >= 4 is 39.1 Å². The SMILES string of the molecule is CCCCCCNCc1c(Br)ccc(OC)c1OCc1ccc(Cl)c(Cl)c1. The Hall–Kier alpha value is -0.940. The molecule has 0 fully saturated rings. The first kappa shape index (κ1) is 22.4. The van der Waals surface area contributed by atoms with Crippen LogP contribution in [0.3, 0.4) is 0 Å². The van der Waals surface area contributed by atoms with E-state index in [-0.39, 0.29) is 0 Å². The van der Waals surface area contributed by atoms with E-state index in [4.69, 9.17) is 32.7 Å². The molecule has 0 aliphatic heterocycles. The Morgan fingerprint density at radius 3 is 2.56 bits per heavy atom. The zero-order valence-corrected chi connectivity index (χ0v) is 18.9. The number of methoxy groups -OCH3 is 1. The van der Waals surface area contributed by atoms with Crippen LogP contribution in [-0.2, 0) is 13.2 Å². The van der Waals surface area contributed by atoms with Gasteiger partial charge in [-0.05, 0) is 42.8 Å². The molecule has 0 atom stereocenters. The molecule has 148 valence electrons. The third kappa shape index (κ3) is 6.86. The van der Waals surface area contributed by atoms with Crippen LogP contribution in [0, 0.1) is 0 Å². The minimum Gasteiger partial charge on any atom is -0.493 e. The van der Waals surface area contributed by atoms with Gasteiger partial charge in [-0.2, -0.15) is 0 Å². The Balaban J connectivity index is 2.08. The fourth-order valence-electron chi connectivity index (χ4n) is 2.74. The van der Waals surface area contributed by atoms with Crippen LogP contribution in [0.4, 0.5) is 0 Å². The molecular formula is C21H26BrCl2NO2. The highest BCUT2D eigenvalue weighted by Gasteiger charge is 2.15. The van der Waals surface area contributed by atoms with E-state index in [9.17, 15) is 0 Å². The van der Waals surface area contributed by atoms with Crippen LogP contribution >= 0.6 is 39.1 Å². The van der Waals surface area contributed by atoms with E-state index in [1.807, 2.05) is 24.3 Å². The second-order valence-corrected chi connectivity index (χ2v) is 8.00. The van der Waals surface area contributed by atoms with Gasteiger partial charge in [0.05, 0.1) is 17.2 Å². The van der Waals surface area contributed by atoms with Crippen molar-refractivity contribution in [3.63, 3.8) is 0 Å². The van der Waals surface area contributed by atoms with E-state index in [0.29, 0.717) is 28.9 Å². The summed E-state index contributed by atoms with van der Waals surface area (Å²) in [7, 11) is 1.65. The van der Waals surface area contributed by atoms with Gasteiger partial charge >= 0.3 is 0 Å². The Morgan fingerprint density at radius 1 is 1.04 bits per heavy atom. The van der Waals surface area contributed by atoms with Crippen LogP contribution in [0.2, 0.25) is 10.0 Å². The van der Waals surface area contributed by atoms with E-state index >= 15 is 0 Å². The minimum absolute atomic E-state index is 0.382. The molecule has 0 radical (unpaired) electrons. The summed E-state index contributed by atoms with van der Waals surface area (Å²) in [6.07, 6.45) is 4.95. The fraction of sp³-hybridized carbons (Fsp3) is 0.429. The van der Waals surface area contributed by atoms with Gasteiger partial charge in [0.25, 0.3) is 0 Å². The average molecular weight is 475 g/mol. The predicted octanol–water partition coefficient (Wildman–Crippen LogP) is 7.01. The Bertz CT molecular complexity index is 740. The lowest BCUT2D eigenvalue weighted by Gasteiger charge is -2.17. The molecule has 2 aromatic carbocycles. The van der Waals surface area contributed by atoms with Crippen molar-refractivity contribution in [1.82, 2.24) is 5.32 Å². The van der Waals surface area contributed by atoms with Crippen LogP contribution in [0.5, 0.6) is 11.5 Å². The number of benzene rings is 2. The molecule has 6 heteroatoms. The zero-order chi connectivity index (χ0) is 19.6. The number of halogens is 3. The molecule has 0 heterocycles. The number of unbranched alkanes of at least 4 members (excludes halogenated alkanes) is 3. The quantitative estimate of drug-likeness (QED) is 0.355. The van der Waals surface area contributed by atoms with Crippen molar-refractivity contribution in [3.05, 3.63) is 56.0 Å². The van der Waals surface area contributed by atoms with Gasteiger partial charge in [0.2, 0.25) is 0 Å². The van der Waals surface area contributed by atoms with Gasteiger partial charge in [0, 0.05) is 16.6 Å². The first-order valence-electron chi connectivity index (χ1n) is 9.19. The molecule has 3 nitrogen and oxygen atoms in total. The lowest BCUT2D eigenvalue weighted by molar-refractivity contribution is 0.280. The molecule has 0 aliphatic carbocycles. The van der Waals surface area contributed by atoms with Gasteiger partial charge in [-0.3, -0.25) is 0 Å². The van der Waals surface area contributed by atoms with E-state index in [1.54, 1.807) is 13.2 Å². The summed E-state index contributed by atoms with van der Waals surface area (Å²) in [5.41, 5.74) is 2.00. The molecule has 1 N–H and O–H groups in total. The lowest BCUT2D eigenvalue weighted by Crippen LogP contribution is -2.16. The maximum Gasteiger partial charge on any atom is 0.167 e. The second kappa shape index (κ2) is 11.8. The molecule has 0 saturated carbocycles. The van der Waals surface area contributed by atoms with Gasteiger partial charge in [-0.15, -0.1) is 0 Å². The predicted molar refractivity (Wildman–Crippen MR) is 117 cm³/mol. The summed E-state index contributed by atoms with van der Waals surface area (Å²) in [6, 6.07) is 9.39. The lowest BCUT2D eigenvalue weighted by atomic mass is 10.1. The van der Waals surface area contributed by atoms with Crippen LogP contribution in [-0.4, -0.2) is 13.7 Å². The number of ether oxygens (including phenoxy) is 2. The van der Waals surface area contributed by atoms with Gasteiger partial charge in [0.1, 0.15) is 6.61 Å². The molecule has 27 heavy (non-hydrogen) atoms. The third-order valence-electron chi connectivity index (χ3n) is 4.26. The molecular weight excluding hydrogens is 449 g/mol. The highest BCUT2D eigenvalue weighted by Crippen LogP contribution is 2.37. The molecule has 0 saturated heterocycles. The number of hydrogen-bond acceptors (Lipinski definition) is 3. The average Bonchev–Trinajstić information content (AvgIpc) is 2.66. The van der Waals surface area contributed by atoms with Gasteiger partial charge in [-0.1, -0.05) is 71.4 Å². The van der Waals surface area contributed by atoms with Crippen molar-refractivity contribution < 1.29 is 9.47 Å². The highest BCUT2D eigenvalue weighted by atomic mass is 79.9. The maximum absolute atomic E-state index is 6.12. The van der Waals surface area contributed by atoms with Crippen molar-refractivity contribution in [2.75, 3.05) is 13.7 Å². The van der Waals surface area contributed by atoms with E-state index < -0.39 is 0 Å². The first-order valence-corrected chi connectivity index (χ1v) is 10.7. The maximum atomic E-state index is 6.12. The number of hydrogen-bond donors (Lipinski definition) is 1. The minimum atomic E-state index is 0.382. The van der Waals surface area contributed by atoms with Gasteiger partial charge in [-0.25, -0.2) is 0 Å². The summed E-state index contributed by atoms with van der Waals surface area (Å²) in [6.45, 7) is 4.29. The monoisotopic (exact) mass is 473 g/mol. The molecule has 2 rings (SSSR count). The van der Waals surface area contributed by atoms with Crippen molar-refractivity contribution in [2.45, 2.75) is 45.8 Å². The summed E-state index contributed by atoms with van der Waals surface area (Å²) in [4.78, 5) is 0. The summed E-state index contributed by atoms with van der Waals surface area (Å²) in [5, 5.41) is 4.56. The van der Waals surface area contributed by atoms with E-state index in [0.717, 1.165) is 27.9 Å². The van der Waals surface area contributed by atoms with Crippen molar-refractivity contribution in [1.29, 1.82) is 0 Å². The van der Waals surface area contributed by atoms with E-state index in [1.165, 1.54) is 25.7 Å². The molecule has 0 aromatic heterocycles. The molecule has 0 aliphatic rings. The van der Waals surface area contributed by atoms with Crippen LogP contribution in [0.1, 0.15) is 43.7 Å². The Labute approximate surface area is 180 Å². The normalized spacial score (nSPS) is 10.9. The van der Waals surface area contributed by atoms with Crippen LogP contribution in [0.15, 0.2) is 34.8 Å². The Kier molecular flexibility index (Phi) is 9.77. The largest absolute Gasteiger partial charge is 0.493 e. The number of nitrogens with one attached hydrogen (secondary N) is 1. The first-order chi connectivity index (χ1) is 13.1. The number of rotatable bonds is 11. The zero-order valence-electron chi connectivity index (χ0n) is 15.8. The highest BCUT2D eigenvalue weighted by molar-refractivity contribution is 9.10. The molecule has 0 bridgehead atoms. The third-order valence-corrected chi connectivity index (χ3v) is 5.75. The molecule has 0 amide bonds. The summed E-state index contributed by atoms with van der Waals surface area (Å²) >= 11 is 15.7. The Morgan fingerprint density at radius 2 is 1.85 bits per heavy atom. The van der Waals surface area contributed by atoms with Gasteiger partial charge < -0.3 is 14.8 Å². The summed E-state index contributed by atoms with van der Waals surface area (Å²) in [5.74, 6) is 1.44.